The lowest BCUT2D eigenvalue weighted by atomic mass is 9.77. The van der Waals surface area contributed by atoms with Crippen LogP contribution in [0.1, 0.15) is 44.1 Å². The number of piperidine rings is 1. The van der Waals surface area contributed by atoms with Crippen molar-refractivity contribution in [3.8, 4) is 0 Å². The van der Waals surface area contributed by atoms with Crippen molar-refractivity contribution in [2.45, 2.75) is 50.0 Å². The monoisotopic (exact) mass is 306 g/mol. The molecule has 1 amide bonds. The van der Waals surface area contributed by atoms with Crippen LogP contribution < -0.4 is 5.73 Å². The zero-order valence-electron chi connectivity index (χ0n) is 12.4. The minimum absolute atomic E-state index is 0.125. The Morgan fingerprint density at radius 2 is 2.05 bits per heavy atom. The third kappa shape index (κ3) is 2.82. The molecule has 4 heteroatoms. The van der Waals surface area contributed by atoms with Gasteiger partial charge in [-0.05, 0) is 43.4 Å². The van der Waals surface area contributed by atoms with Crippen molar-refractivity contribution in [1.82, 2.24) is 4.90 Å². The van der Waals surface area contributed by atoms with Crippen LogP contribution in [0.25, 0.3) is 0 Å². The highest BCUT2D eigenvalue weighted by atomic mass is 35.5. The molecule has 2 fully saturated rings. The van der Waals surface area contributed by atoms with Crippen LogP contribution in [0.3, 0.4) is 0 Å². The van der Waals surface area contributed by atoms with E-state index in [2.05, 4.69) is 6.07 Å². The third-order valence-corrected chi connectivity index (χ3v) is 5.22. The second-order valence-electron chi connectivity index (χ2n) is 6.45. The molecular weight excluding hydrogens is 284 g/mol. The largest absolute Gasteiger partial charge is 0.340 e. The maximum absolute atomic E-state index is 13.2. The lowest BCUT2D eigenvalue weighted by Crippen LogP contribution is -2.52. The Morgan fingerprint density at radius 1 is 1.29 bits per heavy atom. The van der Waals surface area contributed by atoms with Gasteiger partial charge in [0, 0.05) is 24.2 Å². The molecule has 1 saturated heterocycles. The van der Waals surface area contributed by atoms with Crippen molar-refractivity contribution in [2.24, 2.45) is 5.73 Å². The van der Waals surface area contributed by atoms with Crippen LogP contribution in [0.2, 0.25) is 5.02 Å². The number of hydrogen-bond acceptors (Lipinski definition) is 2. The summed E-state index contributed by atoms with van der Waals surface area (Å²) in [6.45, 7) is 1.54. The summed E-state index contributed by atoms with van der Waals surface area (Å²) < 4.78 is 0. The van der Waals surface area contributed by atoms with Crippen molar-refractivity contribution >= 4 is 17.5 Å². The Bertz CT molecular complexity index is 525. The predicted molar refractivity (Wildman–Crippen MR) is 85.4 cm³/mol. The first kappa shape index (κ1) is 14.9. The van der Waals surface area contributed by atoms with Gasteiger partial charge in [0.25, 0.3) is 0 Å². The van der Waals surface area contributed by atoms with E-state index in [0.717, 1.165) is 50.6 Å². The Morgan fingerprint density at radius 3 is 2.71 bits per heavy atom. The molecule has 0 radical (unpaired) electrons. The molecule has 0 aromatic heterocycles. The van der Waals surface area contributed by atoms with Crippen LogP contribution in [0.15, 0.2) is 24.3 Å². The van der Waals surface area contributed by atoms with E-state index in [1.807, 2.05) is 23.1 Å². The second kappa shape index (κ2) is 5.98. The average Bonchev–Trinajstić information content (AvgIpc) is 2.97. The molecule has 1 atom stereocenters. The van der Waals surface area contributed by atoms with Gasteiger partial charge in [-0.1, -0.05) is 36.6 Å². The van der Waals surface area contributed by atoms with Gasteiger partial charge in [-0.15, -0.1) is 0 Å². The summed E-state index contributed by atoms with van der Waals surface area (Å²) in [7, 11) is 0. The minimum atomic E-state index is -0.373. The zero-order chi connectivity index (χ0) is 14.9. The number of rotatable bonds is 2. The molecule has 0 bridgehead atoms. The Labute approximate surface area is 131 Å². The van der Waals surface area contributed by atoms with Crippen LogP contribution in [0, 0.1) is 0 Å². The van der Waals surface area contributed by atoms with Gasteiger partial charge in [0.05, 0.1) is 5.41 Å². The summed E-state index contributed by atoms with van der Waals surface area (Å²) in [5, 5.41) is 0.710. The van der Waals surface area contributed by atoms with Gasteiger partial charge in [0.2, 0.25) is 5.91 Å². The second-order valence-corrected chi connectivity index (χ2v) is 6.89. The number of halogens is 1. The van der Waals surface area contributed by atoms with Gasteiger partial charge in [-0.3, -0.25) is 4.79 Å². The molecule has 1 aromatic rings. The molecule has 2 N–H and O–H groups in total. The van der Waals surface area contributed by atoms with E-state index in [-0.39, 0.29) is 17.4 Å². The lowest BCUT2D eigenvalue weighted by molar-refractivity contribution is -0.138. The molecule has 1 heterocycles. The highest BCUT2D eigenvalue weighted by Crippen LogP contribution is 2.43. The molecule has 1 aliphatic heterocycles. The molecule has 3 rings (SSSR count). The molecule has 114 valence electrons. The SMILES string of the molecule is NC1CCCN(C(=O)C2(c3cccc(Cl)c3)CCCC2)C1. The van der Waals surface area contributed by atoms with E-state index in [4.69, 9.17) is 17.3 Å². The fraction of sp³-hybridized carbons (Fsp3) is 0.588. The number of likely N-dealkylation sites (tertiary alicyclic amines) is 1. The number of carbonyl (C=O) groups excluding carboxylic acids is 1. The van der Waals surface area contributed by atoms with Crippen LogP contribution in [0.5, 0.6) is 0 Å². The van der Waals surface area contributed by atoms with E-state index in [9.17, 15) is 4.79 Å². The van der Waals surface area contributed by atoms with Crippen molar-refractivity contribution in [1.29, 1.82) is 0 Å². The molecule has 0 spiro atoms. The number of nitrogens with zero attached hydrogens (tertiary/aromatic N) is 1. The van der Waals surface area contributed by atoms with E-state index in [1.165, 1.54) is 0 Å². The Balaban J connectivity index is 1.92. The van der Waals surface area contributed by atoms with Crippen LogP contribution in [0.4, 0.5) is 0 Å². The number of carbonyl (C=O) groups is 1. The van der Waals surface area contributed by atoms with E-state index in [1.54, 1.807) is 0 Å². The Hall–Kier alpha value is -1.06. The van der Waals surface area contributed by atoms with E-state index >= 15 is 0 Å². The normalized spacial score (nSPS) is 25.0. The van der Waals surface area contributed by atoms with Crippen molar-refractivity contribution < 1.29 is 4.79 Å². The first-order valence-electron chi connectivity index (χ1n) is 7.93. The van der Waals surface area contributed by atoms with Crippen molar-refractivity contribution in [2.75, 3.05) is 13.1 Å². The van der Waals surface area contributed by atoms with Crippen molar-refractivity contribution in [3.63, 3.8) is 0 Å². The van der Waals surface area contributed by atoms with Crippen LogP contribution in [-0.4, -0.2) is 29.9 Å². The lowest BCUT2D eigenvalue weighted by Gasteiger charge is -2.38. The van der Waals surface area contributed by atoms with Gasteiger partial charge in [0.15, 0.2) is 0 Å². The summed E-state index contributed by atoms with van der Waals surface area (Å²) >= 11 is 6.15. The van der Waals surface area contributed by atoms with E-state index in [0.29, 0.717) is 11.6 Å². The van der Waals surface area contributed by atoms with Gasteiger partial charge in [-0.2, -0.15) is 0 Å². The third-order valence-electron chi connectivity index (χ3n) is 4.99. The molecule has 1 saturated carbocycles. The average molecular weight is 307 g/mol. The smallest absolute Gasteiger partial charge is 0.233 e. The highest BCUT2D eigenvalue weighted by Gasteiger charge is 2.45. The standard InChI is InChI=1S/C17H23ClN2O/c18-14-6-3-5-13(11-14)17(8-1-2-9-17)16(21)20-10-4-7-15(19)12-20/h3,5-6,11,15H,1-2,4,7-10,12,19H2. The van der Waals surface area contributed by atoms with E-state index < -0.39 is 0 Å². The maximum Gasteiger partial charge on any atom is 0.233 e. The number of benzene rings is 1. The number of nitrogens with two attached hydrogens (primary N) is 1. The first-order chi connectivity index (χ1) is 10.1. The molecule has 1 aromatic carbocycles. The van der Waals surface area contributed by atoms with Gasteiger partial charge in [0.1, 0.15) is 0 Å². The highest BCUT2D eigenvalue weighted by molar-refractivity contribution is 6.30. The molecule has 1 aliphatic carbocycles. The zero-order valence-corrected chi connectivity index (χ0v) is 13.1. The molecule has 2 aliphatic rings. The van der Waals surface area contributed by atoms with Crippen LogP contribution >= 0.6 is 11.6 Å². The molecule has 21 heavy (non-hydrogen) atoms. The fourth-order valence-electron chi connectivity index (χ4n) is 3.89. The summed E-state index contributed by atoms with van der Waals surface area (Å²) in [6.07, 6.45) is 6.11. The summed E-state index contributed by atoms with van der Waals surface area (Å²) in [5.74, 6) is 0.261. The van der Waals surface area contributed by atoms with Gasteiger partial charge < -0.3 is 10.6 Å². The van der Waals surface area contributed by atoms with Gasteiger partial charge >= 0.3 is 0 Å². The fourth-order valence-corrected chi connectivity index (χ4v) is 4.08. The first-order valence-corrected chi connectivity index (χ1v) is 8.31. The summed E-state index contributed by atoms with van der Waals surface area (Å²) in [5.41, 5.74) is 6.76. The predicted octanol–water partition coefficient (Wildman–Crippen LogP) is 3.10. The number of amides is 1. The quantitative estimate of drug-likeness (QED) is 0.912. The van der Waals surface area contributed by atoms with Gasteiger partial charge in [-0.25, -0.2) is 0 Å². The molecular formula is C17H23ClN2O. The maximum atomic E-state index is 13.2. The topological polar surface area (TPSA) is 46.3 Å². The molecule has 3 nitrogen and oxygen atoms in total. The summed E-state index contributed by atoms with van der Waals surface area (Å²) in [4.78, 5) is 15.2. The number of hydrogen-bond donors (Lipinski definition) is 1. The minimum Gasteiger partial charge on any atom is -0.340 e. The Kier molecular flexibility index (Phi) is 4.23. The van der Waals surface area contributed by atoms with Crippen molar-refractivity contribution in [3.05, 3.63) is 34.9 Å². The summed E-state index contributed by atoms with van der Waals surface area (Å²) in [6, 6.07) is 7.97. The molecule has 1 unspecified atom stereocenters. The van der Waals surface area contributed by atoms with Crippen LogP contribution in [-0.2, 0) is 10.2 Å².